The highest BCUT2D eigenvalue weighted by Crippen LogP contribution is 2.24. The third kappa shape index (κ3) is 7.79. The van der Waals surface area contributed by atoms with Gasteiger partial charge in [-0.25, -0.2) is 14.4 Å². The van der Waals surface area contributed by atoms with Crippen molar-refractivity contribution in [2.75, 3.05) is 18.0 Å². The fourth-order valence-electron chi connectivity index (χ4n) is 3.32. The lowest BCUT2D eigenvalue weighted by Crippen LogP contribution is -2.43. The topological polar surface area (TPSA) is 135 Å². The third-order valence-corrected chi connectivity index (χ3v) is 4.96. The Labute approximate surface area is 197 Å². The summed E-state index contributed by atoms with van der Waals surface area (Å²) in [5.41, 5.74) is 0.418. The van der Waals surface area contributed by atoms with E-state index in [-0.39, 0.29) is 19.4 Å². The molecule has 1 aromatic carbocycles. The number of nitrogens with one attached hydrogen (secondary N) is 1. The Morgan fingerprint density at radius 3 is 2.41 bits per heavy atom. The molecule has 2 N–H and O–H groups in total. The van der Waals surface area contributed by atoms with Crippen LogP contribution < -0.4 is 15.8 Å². The van der Waals surface area contributed by atoms with E-state index in [0.29, 0.717) is 16.5 Å². The largest absolute Gasteiger partial charge is 0.480 e. The minimum absolute atomic E-state index is 0.178. The number of anilines is 1. The lowest BCUT2D eigenvalue weighted by Gasteiger charge is -2.22. The molecule has 0 spiro atoms. The molecule has 0 unspecified atom stereocenters. The lowest BCUT2D eigenvalue weighted by atomic mass is 10.1. The molecule has 1 amide bonds. The number of carbonyl (C=O) groups excluding carboxylic acids is 2. The van der Waals surface area contributed by atoms with Gasteiger partial charge in [-0.3, -0.25) is 4.79 Å². The molecule has 0 aliphatic heterocycles. The van der Waals surface area contributed by atoms with E-state index in [4.69, 9.17) is 13.9 Å². The van der Waals surface area contributed by atoms with E-state index in [2.05, 4.69) is 10.2 Å². The van der Waals surface area contributed by atoms with E-state index < -0.39 is 35.3 Å². The summed E-state index contributed by atoms with van der Waals surface area (Å²) < 4.78 is 15.6. The van der Waals surface area contributed by atoms with Crippen LogP contribution in [0.15, 0.2) is 33.5 Å². The molecule has 1 atom stereocenters. The summed E-state index contributed by atoms with van der Waals surface area (Å²) in [7, 11) is 0. The van der Waals surface area contributed by atoms with Crippen molar-refractivity contribution in [2.24, 2.45) is 0 Å². The Balaban J connectivity index is 2.03. The Morgan fingerprint density at radius 1 is 1.15 bits per heavy atom. The van der Waals surface area contributed by atoms with Crippen LogP contribution in [0.2, 0.25) is 0 Å². The quantitative estimate of drug-likeness (QED) is 0.390. The first kappa shape index (κ1) is 26.7. The molecule has 10 heteroatoms. The van der Waals surface area contributed by atoms with Gasteiger partial charge in [0.25, 0.3) is 0 Å². The first-order chi connectivity index (χ1) is 15.9. The van der Waals surface area contributed by atoms with Crippen LogP contribution in [0.3, 0.4) is 0 Å². The average molecular weight is 477 g/mol. The second-order valence-electron chi connectivity index (χ2n) is 8.68. The molecule has 0 fully saturated rings. The van der Waals surface area contributed by atoms with Gasteiger partial charge >= 0.3 is 23.7 Å². The molecule has 10 nitrogen and oxygen atoms in total. The van der Waals surface area contributed by atoms with Gasteiger partial charge in [-0.15, -0.1) is 0 Å². The van der Waals surface area contributed by atoms with Gasteiger partial charge in [-0.2, -0.15) is 0 Å². The number of hydrogen-bond acceptors (Lipinski definition) is 8. The number of benzene rings is 1. The lowest BCUT2D eigenvalue weighted by molar-refractivity contribution is -0.145. The Kier molecular flexibility index (Phi) is 9.05. The maximum atomic E-state index is 12.2. The number of ether oxygens (including phenoxy) is 2. The Morgan fingerprint density at radius 2 is 1.82 bits per heavy atom. The number of rotatable bonds is 10. The van der Waals surface area contributed by atoms with Crippen LogP contribution >= 0.6 is 0 Å². The van der Waals surface area contributed by atoms with Crippen molar-refractivity contribution in [1.82, 2.24) is 5.32 Å². The van der Waals surface area contributed by atoms with Crippen molar-refractivity contribution in [1.29, 1.82) is 0 Å². The van der Waals surface area contributed by atoms with Crippen molar-refractivity contribution in [3.05, 3.63) is 40.2 Å². The number of esters is 1. The molecule has 34 heavy (non-hydrogen) atoms. The Bertz CT molecular complexity index is 1080. The number of nitrogens with zero attached hydrogens (tertiary/aromatic N) is 1. The fourth-order valence-corrected chi connectivity index (χ4v) is 3.32. The standard InChI is InChI=1S/C24H32N2O8/c1-6-26(7-2)16-8-9-17-15(12-21(28)33-19(17)13-16)14-32-20(27)11-10-18(22(29)30)25-23(31)34-24(3,4)5/h8-9,12-13,18H,6-7,10-11,14H2,1-5H3,(H,25,31)(H,29,30)/t18-/m0/s1. The van der Waals surface area contributed by atoms with E-state index in [1.165, 1.54) is 6.07 Å². The SMILES string of the molecule is CCN(CC)c1ccc2c(COC(=O)CC[C@H](NC(=O)OC(C)(C)C)C(=O)O)cc(=O)oc2c1. The predicted molar refractivity (Wildman–Crippen MR) is 126 cm³/mol. The van der Waals surface area contributed by atoms with Crippen LogP contribution in [-0.4, -0.2) is 47.9 Å². The second-order valence-corrected chi connectivity index (χ2v) is 8.68. The molecular formula is C24H32N2O8. The van der Waals surface area contributed by atoms with Crippen LogP contribution in [0.4, 0.5) is 10.5 Å². The molecule has 2 rings (SSSR count). The maximum absolute atomic E-state index is 12.2. The number of amides is 1. The zero-order valence-electron chi connectivity index (χ0n) is 20.2. The van der Waals surface area contributed by atoms with Gasteiger partial charge in [0.05, 0.1) is 0 Å². The summed E-state index contributed by atoms with van der Waals surface area (Å²) >= 11 is 0. The number of carboxylic acid groups (broad SMARTS) is 1. The van der Waals surface area contributed by atoms with Crippen LogP contribution in [0.1, 0.15) is 53.0 Å². The van der Waals surface area contributed by atoms with Crippen molar-refractivity contribution in [2.45, 2.75) is 65.7 Å². The molecule has 0 aliphatic rings. The van der Waals surface area contributed by atoms with Gasteiger partial charge in [-0.1, -0.05) is 0 Å². The highest BCUT2D eigenvalue weighted by molar-refractivity contribution is 5.84. The third-order valence-electron chi connectivity index (χ3n) is 4.96. The minimum Gasteiger partial charge on any atom is -0.480 e. The number of hydrogen-bond donors (Lipinski definition) is 2. The smallest absolute Gasteiger partial charge is 0.408 e. The number of carboxylic acids is 1. The van der Waals surface area contributed by atoms with Crippen molar-refractivity contribution in [3.63, 3.8) is 0 Å². The summed E-state index contributed by atoms with van der Waals surface area (Å²) in [5, 5.41) is 12.2. The highest BCUT2D eigenvalue weighted by atomic mass is 16.6. The molecule has 1 aromatic heterocycles. The maximum Gasteiger partial charge on any atom is 0.408 e. The van der Waals surface area contributed by atoms with Crippen LogP contribution in [-0.2, 0) is 25.7 Å². The summed E-state index contributed by atoms with van der Waals surface area (Å²) in [6, 6.07) is 5.43. The van der Waals surface area contributed by atoms with Gasteiger partial charge in [0, 0.05) is 48.3 Å². The molecule has 0 radical (unpaired) electrons. The van der Waals surface area contributed by atoms with Crippen molar-refractivity contribution >= 4 is 34.7 Å². The van der Waals surface area contributed by atoms with Crippen LogP contribution in [0.5, 0.6) is 0 Å². The first-order valence-electron chi connectivity index (χ1n) is 11.1. The second kappa shape index (κ2) is 11.5. The van der Waals surface area contributed by atoms with Crippen LogP contribution in [0, 0.1) is 0 Å². The van der Waals surface area contributed by atoms with Crippen LogP contribution in [0.25, 0.3) is 11.0 Å². The predicted octanol–water partition coefficient (Wildman–Crippen LogP) is 3.44. The van der Waals surface area contributed by atoms with Gasteiger partial charge in [0.1, 0.15) is 23.8 Å². The number of aliphatic carboxylic acids is 1. The average Bonchev–Trinajstić information content (AvgIpc) is 2.74. The normalized spacial score (nSPS) is 12.1. The molecule has 0 saturated carbocycles. The zero-order chi connectivity index (χ0) is 25.5. The van der Waals surface area contributed by atoms with Gasteiger partial charge in [0.2, 0.25) is 0 Å². The Hall–Kier alpha value is -3.56. The van der Waals surface area contributed by atoms with E-state index in [1.807, 2.05) is 19.9 Å². The van der Waals surface area contributed by atoms with Gasteiger partial charge in [0.15, 0.2) is 0 Å². The highest BCUT2D eigenvalue weighted by Gasteiger charge is 2.25. The molecule has 0 saturated heterocycles. The van der Waals surface area contributed by atoms with Crippen molar-refractivity contribution < 1.29 is 33.4 Å². The molecule has 0 aliphatic carbocycles. The van der Waals surface area contributed by atoms with E-state index in [9.17, 15) is 24.3 Å². The molecule has 0 bridgehead atoms. The summed E-state index contributed by atoms with van der Waals surface area (Å²) in [6.45, 7) is 10.4. The molecular weight excluding hydrogens is 444 g/mol. The molecule has 1 heterocycles. The van der Waals surface area contributed by atoms with E-state index in [0.717, 1.165) is 18.8 Å². The number of carbonyl (C=O) groups is 3. The van der Waals surface area contributed by atoms with Gasteiger partial charge < -0.3 is 29.2 Å². The fraction of sp³-hybridized carbons (Fsp3) is 0.500. The first-order valence-corrected chi connectivity index (χ1v) is 11.1. The summed E-state index contributed by atoms with van der Waals surface area (Å²) in [4.78, 5) is 49.6. The monoisotopic (exact) mass is 476 g/mol. The number of fused-ring (bicyclic) bond motifs is 1. The van der Waals surface area contributed by atoms with E-state index >= 15 is 0 Å². The zero-order valence-corrected chi connectivity index (χ0v) is 20.2. The molecule has 186 valence electrons. The molecule has 2 aromatic rings. The minimum atomic E-state index is -1.31. The van der Waals surface area contributed by atoms with Crippen molar-refractivity contribution in [3.8, 4) is 0 Å². The van der Waals surface area contributed by atoms with Gasteiger partial charge in [-0.05, 0) is 53.2 Å². The summed E-state index contributed by atoms with van der Waals surface area (Å²) in [6.07, 6.45) is -1.32. The van der Waals surface area contributed by atoms with E-state index in [1.54, 1.807) is 32.9 Å². The number of alkyl carbamates (subject to hydrolysis) is 1. The summed E-state index contributed by atoms with van der Waals surface area (Å²) in [5.74, 6) is -1.97.